The Morgan fingerprint density at radius 1 is 0.854 bits per heavy atom. The summed E-state index contributed by atoms with van der Waals surface area (Å²) in [6, 6.07) is 0. The SMILES string of the molecule is C=C(C)[C@@H]1CC[C@]2(C(=O)N3CC[C@H](O)C3)CC[C@]3(C)[C@H](CC[C@@H]4[C@@]5(C)CC[C@H](OC(=O)CC(C)(C)CC(=O)O)C(C)(C)[C@@H]5CC[C@]43C)[C@@H]12. The highest BCUT2D eigenvalue weighted by Gasteiger charge is 2.72. The Bertz CT molecular complexity index is 1340. The van der Waals surface area contributed by atoms with Gasteiger partial charge in [-0.25, -0.2) is 0 Å². The maximum absolute atomic E-state index is 14.5. The van der Waals surface area contributed by atoms with Crippen molar-refractivity contribution in [3.63, 3.8) is 0 Å². The van der Waals surface area contributed by atoms with Crippen molar-refractivity contribution in [1.29, 1.82) is 0 Å². The van der Waals surface area contributed by atoms with Crippen molar-refractivity contribution >= 4 is 17.8 Å². The number of hydrogen-bond donors (Lipinski definition) is 2. The standard InChI is InChI=1S/C41H65NO6/c1-25(2)27-12-18-41(35(47)42-21-15-26(43)24-42)20-19-39(8)28(34(27)41)10-11-30-38(7)16-14-31(37(5,6)29(38)13-17-40(30,39)9)48-33(46)23-36(3,4)22-32(44)45/h26-31,34,43H,1,10-24H2,2-9H3,(H,44,45)/t26-,27-,28+,29-,30+,31-,34+,38-,39+,40+,41-/m0/s1. The van der Waals surface area contributed by atoms with Crippen molar-refractivity contribution in [1.82, 2.24) is 4.90 Å². The highest BCUT2D eigenvalue weighted by molar-refractivity contribution is 5.84. The summed E-state index contributed by atoms with van der Waals surface area (Å²) in [6.07, 6.45) is 10.7. The first kappa shape index (κ1) is 35.9. The van der Waals surface area contributed by atoms with E-state index in [1.165, 1.54) is 12.0 Å². The number of aliphatic hydroxyl groups excluding tert-OH is 1. The molecule has 1 heterocycles. The number of ether oxygens (including phenoxy) is 1. The van der Waals surface area contributed by atoms with Gasteiger partial charge in [-0.05, 0) is 129 Å². The highest BCUT2D eigenvalue weighted by atomic mass is 16.5. The summed E-state index contributed by atoms with van der Waals surface area (Å²) >= 11 is 0. The lowest BCUT2D eigenvalue weighted by Crippen LogP contribution is -2.67. The van der Waals surface area contributed by atoms with Crippen LogP contribution < -0.4 is 0 Å². The van der Waals surface area contributed by atoms with Crippen LogP contribution >= 0.6 is 0 Å². The van der Waals surface area contributed by atoms with Gasteiger partial charge in [0.1, 0.15) is 6.10 Å². The zero-order valence-electron chi connectivity index (χ0n) is 31.3. The molecule has 0 aromatic rings. The van der Waals surface area contributed by atoms with E-state index in [1.54, 1.807) is 0 Å². The first-order valence-electron chi connectivity index (χ1n) is 19.3. The van der Waals surface area contributed by atoms with Gasteiger partial charge in [0.2, 0.25) is 5.91 Å². The number of allylic oxidation sites excluding steroid dienone is 1. The minimum absolute atomic E-state index is 0.0541. The second-order valence-electron chi connectivity index (χ2n) is 19.8. The molecular formula is C41H65NO6. The predicted molar refractivity (Wildman–Crippen MR) is 187 cm³/mol. The number of carbonyl (C=O) groups excluding carboxylic acids is 2. The third-order valence-corrected chi connectivity index (χ3v) is 16.4. The quantitative estimate of drug-likeness (QED) is 0.210. The van der Waals surface area contributed by atoms with Crippen LogP contribution in [0.3, 0.4) is 0 Å². The van der Waals surface area contributed by atoms with Gasteiger partial charge in [0, 0.05) is 18.5 Å². The molecule has 6 fully saturated rings. The van der Waals surface area contributed by atoms with Gasteiger partial charge in [-0.15, -0.1) is 0 Å². The molecule has 1 amide bonds. The van der Waals surface area contributed by atoms with E-state index in [0.717, 1.165) is 57.8 Å². The van der Waals surface area contributed by atoms with Gasteiger partial charge < -0.3 is 19.8 Å². The Labute approximate surface area is 290 Å². The Morgan fingerprint density at radius 2 is 1.56 bits per heavy atom. The van der Waals surface area contributed by atoms with E-state index in [1.807, 2.05) is 18.7 Å². The topological polar surface area (TPSA) is 104 Å². The lowest BCUT2D eigenvalue weighted by molar-refractivity contribution is -0.250. The molecule has 270 valence electrons. The van der Waals surface area contributed by atoms with Crippen molar-refractivity contribution in [2.45, 2.75) is 151 Å². The van der Waals surface area contributed by atoms with Crippen molar-refractivity contribution in [2.24, 2.45) is 62.1 Å². The third kappa shape index (κ3) is 5.32. The fourth-order valence-electron chi connectivity index (χ4n) is 14.0. The molecule has 48 heavy (non-hydrogen) atoms. The molecule has 0 aromatic heterocycles. The zero-order chi connectivity index (χ0) is 35.2. The minimum Gasteiger partial charge on any atom is -0.481 e. The largest absolute Gasteiger partial charge is 0.481 e. The number of β-amino-alcohol motifs (C(OH)–C–C–N with tert-alkyl or cyclic N) is 1. The molecule has 0 aromatic carbocycles. The number of fused-ring (bicyclic) bond motifs is 7. The van der Waals surface area contributed by atoms with Crippen molar-refractivity contribution in [3.05, 3.63) is 12.2 Å². The Morgan fingerprint density at radius 3 is 2.19 bits per heavy atom. The second-order valence-corrected chi connectivity index (χ2v) is 19.8. The lowest BCUT2D eigenvalue weighted by atomic mass is 9.32. The molecular weight excluding hydrogens is 602 g/mol. The van der Waals surface area contributed by atoms with Crippen LogP contribution in [-0.4, -0.2) is 58.3 Å². The number of nitrogens with zero attached hydrogens (tertiary/aromatic N) is 1. The Kier molecular flexibility index (Phi) is 8.86. The normalized spacial score (nSPS) is 44.9. The molecule has 5 saturated carbocycles. The van der Waals surface area contributed by atoms with E-state index in [0.29, 0.717) is 55.0 Å². The summed E-state index contributed by atoms with van der Waals surface area (Å²) in [5.74, 6) is 1.33. The maximum Gasteiger partial charge on any atom is 0.306 e. The van der Waals surface area contributed by atoms with Crippen LogP contribution in [-0.2, 0) is 19.1 Å². The molecule has 2 N–H and O–H groups in total. The lowest BCUT2D eigenvalue weighted by Gasteiger charge is -2.73. The number of hydrogen-bond acceptors (Lipinski definition) is 5. The number of rotatable bonds is 7. The summed E-state index contributed by atoms with van der Waals surface area (Å²) in [5.41, 5.74) is 0.512. The van der Waals surface area contributed by atoms with Gasteiger partial charge in [-0.3, -0.25) is 14.4 Å². The van der Waals surface area contributed by atoms with Crippen LogP contribution in [0.2, 0.25) is 0 Å². The molecule has 7 nitrogen and oxygen atoms in total. The monoisotopic (exact) mass is 667 g/mol. The van der Waals surface area contributed by atoms with E-state index < -0.39 is 17.5 Å². The van der Waals surface area contributed by atoms with E-state index in [2.05, 4.69) is 48.1 Å². The van der Waals surface area contributed by atoms with Crippen LogP contribution in [0.5, 0.6) is 0 Å². The van der Waals surface area contributed by atoms with Crippen LogP contribution in [0.4, 0.5) is 0 Å². The molecule has 0 unspecified atom stereocenters. The number of esters is 1. The van der Waals surface area contributed by atoms with Gasteiger partial charge in [-0.1, -0.05) is 60.6 Å². The fraction of sp³-hybridized carbons (Fsp3) is 0.878. The minimum atomic E-state index is -0.889. The van der Waals surface area contributed by atoms with Gasteiger partial charge in [0.05, 0.1) is 24.4 Å². The van der Waals surface area contributed by atoms with Gasteiger partial charge >= 0.3 is 11.9 Å². The Balaban J connectivity index is 1.26. The number of likely N-dealkylation sites (tertiary alicyclic amines) is 1. The fourth-order valence-corrected chi connectivity index (χ4v) is 14.0. The smallest absolute Gasteiger partial charge is 0.306 e. The zero-order valence-corrected chi connectivity index (χ0v) is 31.3. The maximum atomic E-state index is 14.5. The van der Waals surface area contributed by atoms with Crippen molar-refractivity contribution in [3.8, 4) is 0 Å². The average Bonchev–Trinajstić information content (AvgIpc) is 3.58. The molecule has 7 heteroatoms. The number of carboxylic acid groups (broad SMARTS) is 1. The molecule has 5 aliphatic carbocycles. The molecule has 11 atom stereocenters. The van der Waals surface area contributed by atoms with Crippen LogP contribution in [0.1, 0.15) is 139 Å². The van der Waals surface area contributed by atoms with Crippen LogP contribution in [0.15, 0.2) is 12.2 Å². The van der Waals surface area contributed by atoms with Crippen LogP contribution in [0, 0.1) is 62.1 Å². The van der Waals surface area contributed by atoms with E-state index in [9.17, 15) is 24.6 Å². The number of aliphatic hydroxyl groups is 1. The van der Waals surface area contributed by atoms with Gasteiger partial charge in [-0.2, -0.15) is 0 Å². The molecule has 6 rings (SSSR count). The predicted octanol–water partition coefficient (Wildman–Crippen LogP) is 8.04. The molecule has 0 radical (unpaired) electrons. The van der Waals surface area contributed by atoms with Crippen LogP contribution in [0.25, 0.3) is 0 Å². The molecule has 1 aliphatic heterocycles. The average molecular weight is 668 g/mol. The molecule has 0 spiro atoms. The van der Waals surface area contributed by atoms with E-state index >= 15 is 0 Å². The van der Waals surface area contributed by atoms with Gasteiger partial charge in [0.25, 0.3) is 0 Å². The van der Waals surface area contributed by atoms with E-state index in [-0.39, 0.29) is 52.0 Å². The molecule has 6 aliphatic rings. The number of carbonyl (C=O) groups is 3. The first-order chi connectivity index (χ1) is 22.2. The summed E-state index contributed by atoms with van der Waals surface area (Å²) < 4.78 is 6.26. The van der Waals surface area contributed by atoms with E-state index in [4.69, 9.17) is 4.74 Å². The Hall–Kier alpha value is -1.89. The second kappa shape index (κ2) is 11.8. The number of carboxylic acids is 1. The van der Waals surface area contributed by atoms with Gasteiger partial charge in [0.15, 0.2) is 0 Å². The summed E-state index contributed by atoms with van der Waals surface area (Å²) in [6.45, 7) is 23.9. The first-order valence-corrected chi connectivity index (χ1v) is 19.3. The third-order valence-electron chi connectivity index (χ3n) is 16.4. The summed E-state index contributed by atoms with van der Waals surface area (Å²) in [5, 5.41) is 19.7. The number of aliphatic carboxylic acids is 1. The van der Waals surface area contributed by atoms with Crippen molar-refractivity contribution < 1.29 is 29.3 Å². The molecule has 1 saturated heterocycles. The van der Waals surface area contributed by atoms with Crippen molar-refractivity contribution in [2.75, 3.05) is 13.1 Å². The molecule has 0 bridgehead atoms. The highest BCUT2D eigenvalue weighted by Crippen LogP contribution is 2.77. The summed E-state index contributed by atoms with van der Waals surface area (Å²) in [7, 11) is 0. The summed E-state index contributed by atoms with van der Waals surface area (Å²) in [4.78, 5) is 41.1. The number of amides is 1.